The van der Waals surface area contributed by atoms with Crippen LogP contribution < -0.4 is 10.1 Å². The van der Waals surface area contributed by atoms with Gasteiger partial charge in [-0.05, 0) is 65.5 Å². The SMILES string of the molecule is Cc1ccc(S(=O)(=O)N/N=C/C23CCC(NC(=O)OC(C)(C)C)(CC2)CO3)cc1. The summed E-state index contributed by atoms with van der Waals surface area (Å²) in [5.74, 6) is 0. The van der Waals surface area contributed by atoms with Crippen molar-refractivity contribution in [2.45, 2.75) is 75.0 Å². The summed E-state index contributed by atoms with van der Waals surface area (Å²) in [5.41, 5.74) is -0.643. The van der Waals surface area contributed by atoms with E-state index in [1.807, 2.05) is 27.7 Å². The van der Waals surface area contributed by atoms with Crippen LogP contribution >= 0.6 is 0 Å². The van der Waals surface area contributed by atoms with Gasteiger partial charge in [0.1, 0.15) is 11.2 Å². The fourth-order valence-electron chi connectivity index (χ4n) is 3.55. The molecule has 2 bridgehead atoms. The number of nitrogens with one attached hydrogen (secondary N) is 2. The van der Waals surface area contributed by atoms with Gasteiger partial charge >= 0.3 is 6.09 Å². The Morgan fingerprint density at radius 1 is 1.17 bits per heavy atom. The van der Waals surface area contributed by atoms with Gasteiger partial charge < -0.3 is 14.8 Å². The molecule has 0 unspecified atom stereocenters. The number of carbonyl (C=O) groups excluding carboxylic acids is 1. The number of fused-ring (bicyclic) bond motifs is 3. The summed E-state index contributed by atoms with van der Waals surface area (Å²) in [6.45, 7) is 7.69. The molecule has 1 aliphatic carbocycles. The first-order valence-electron chi connectivity index (χ1n) is 9.71. The second-order valence-electron chi connectivity index (χ2n) is 8.93. The predicted molar refractivity (Wildman–Crippen MR) is 109 cm³/mol. The molecule has 8 nitrogen and oxygen atoms in total. The maximum Gasteiger partial charge on any atom is 0.408 e. The van der Waals surface area contributed by atoms with Crippen LogP contribution in [0.15, 0.2) is 34.3 Å². The second-order valence-corrected chi connectivity index (χ2v) is 10.6. The zero-order valence-electron chi connectivity index (χ0n) is 17.3. The van der Waals surface area contributed by atoms with Crippen LogP contribution in [0.1, 0.15) is 52.0 Å². The summed E-state index contributed by atoms with van der Waals surface area (Å²) in [7, 11) is -3.72. The quantitative estimate of drug-likeness (QED) is 0.559. The lowest BCUT2D eigenvalue weighted by Gasteiger charge is -2.51. The number of amides is 1. The number of nitrogens with zero attached hydrogens (tertiary/aromatic N) is 1. The van der Waals surface area contributed by atoms with Gasteiger partial charge in [-0.15, -0.1) is 0 Å². The Hall–Kier alpha value is -2.13. The molecule has 3 fully saturated rings. The minimum absolute atomic E-state index is 0.159. The number of carbonyl (C=O) groups is 1. The average molecular weight is 424 g/mol. The van der Waals surface area contributed by atoms with Crippen LogP contribution in [-0.4, -0.2) is 44.1 Å². The summed E-state index contributed by atoms with van der Waals surface area (Å²) >= 11 is 0. The zero-order valence-corrected chi connectivity index (χ0v) is 18.1. The highest BCUT2D eigenvalue weighted by Gasteiger charge is 2.50. The molecule has 1 aromatic rings. The molecule has 2 aliphatic heterocycles. The topological polar surface area (TPSA) is 106 Å². The van der Waals surface area contributed by atoms with Crippen LogP contribution in [0.4, 0.5) is 4.79 Å². The van der Waals surface area contributed by atoms with Gasteiger partial charge in [-0.3, -0.25) is 0 Å². The molecule has 1 amide bonds. The van der Waals surface area contributed by atoms with Crippen LogP contribution in [0.3, 0.4) is 0 Å². The van der Waals surface area contributed by atoms with Crippen molar-refractivity contribution in [3.63, 3.8) is 0 Å². The normalized spacial score (nSPS) is 27.0. The number of ether oxygens (including phenoxy) is 2. The van der Waals surface area contributed by atoms with Gasteiger partial charge in [0.25, 0.3) is 10.0 Å². The predicted octanol–water partition coefficient (Wildman–Crippen LogP) is 2.87. The smallest absolute Gasteiger partial charge is 0.408 e. The van der Waals surface area contributed by atoms with Crippen LogP contribution in [0.2, 0.25) is 0 Å². The Labute approximate surface area is 172 Å². The molecule has 1 saturated carbocycles. The van der Waals surface area contributed by atoms with Crippen molar-refractivity contribution in [2.24, 2.45) is 5.10 Å². The first kappa shape index (κ1) is 21.6. The number of sulfonamides is 1. The van der Waals surface area contributed by atoms with E-state index in [-0.39, 0.29) is 4.90 Å². The van der Waals surface area contributed by atoms with Crippen LogP contribution in [0.25, 0.3) is 0 Å². The van der Waals surface area contributed by atoms with E-state index in [1.54, 1.807) is 24.3 Å². The van der Waals surface area contributed by atoms with E-state index in [4.69, 9.17) is 9.47 Å². The maximum absolute atomic E-state index is 12.3. The largest absolute Gasteiger partial charge is 0.444 e. The Kier molecular flexibility index (Phi) is 5.66. The van der Waals surface area contributed by atoms with Gasteiger partial charge in [0.15, 0.2) is 0 Å². The van der Waals surface area contributed by atoms with Gasteiger partial charge in [-0.25, -0.2) is 9.63 Å². The van der Waals surface area contributed by atoms with Crippen LogP contribution in [0.5, 0.6) is 0 Å². The third kappa shape index (κ3) is 5.27. The molecule has 0 aromatic heterocycles. The molecular weight excluding hydrogens is 394 g/mol. The van der Waals surface area contributed by atoms with Crippen molar-refractivity contribution in [2.75, 3.05) is 6.61 Å². The molecule has 1 aromatic carbocycles. The Bertz CT molecular complexity index is 863. The molecule has 2 saturated heterocycles. The van der Waals surface area contributed by atoms with E-state index >= 15 is 0 Å². The summed E-state index contributed by atoms with van der Waals surface area (Å²) in [4.78, 5) is 14.6. The number of alkyl carbamates (subject to hydrolysis) is 1. The molecule has 3 aliphatic rings. The molecular formula is C20H29N3O5S. The lowest BCUT2D eigenvalue weighted by atomic mass is 9.71. The minimum atomic E-state index is -3.72. The van der Waals surface area contributed by atoms with E-state index in [0.29, 0.717) is 32.3 Å². The average Bonchev–Trinajstić information content (AvgIpc) is 2.62. The molecule has 2 N–H and O–H groups in total. The Morgan fingerprint density at radius 2 is 1.79 bits per heavy atom. The standard InChI is InChI=1S/C20H29N3O5S/c1-15-5-7-16(8-6-15)29(25,26)23-21-13-20-11-9-19(10-12-20,14-27-20)22-17(24)28-18(2,3)4/h5-8,13,23H,9-12,14H2,1-4H3,(H,22,24)/b21-13+. The maximum atomic E-state index is 12.3. The zero-order chi connectivity index (χ0) is 21.3. The summed E-state index contributed by atoms with van der Waals surface area (Å²) in [6, 6.07) is 6.55. The third-order valence-corrected chi connectivity index (χ3v) is 6.50. The number of benzene rings is 1. The molecule has 2 heterocycles. The lowest BCUT2D eigenvalue weighted by Crippen LogP contribution is -2.63. The van der Waals surface area contributed by atoms with Crippen molar-refractivity contribution in [3.05, 3.63) is 29.8 Å². The van der Waals surface area contributed by atoms with E-state index in [9.17, 15) is 13.2 Å². The Balaban J connectivity index is 1.58. The summed E-state index contributed by atoms with van der Waals surface area (Å²) < 4.78 is 36.0. The molecule has 160 valence electrons. The van der Waals surface area contributed by atoms with Crippen molar-refractivity contribution >= 4 is 22.3 Å². The van der Waals surface area contributed by atoms with Gasteiger partial charge in [-0.1, -0.05) is 17.7 Å². The van der Waals surface area contributed by atoms with Gasteiger partial charge in [0.2, 0.25) is 0 Å². The monoisotopic (exact) mass is 423 g/mol. The first-order chi connectivity index (χ1) is 13.4. The molecule has 29 heavy (non-hydrogen) atoms. The summed E-state index contributed by atoms with van der Waals surface area (Å²) in [5, 5.41) is 6.92. The highest BCUT2D eigenvalue weighted by molar-refractivity contribution is 7.89. The number of hydrazone groups is 1. The van der Waals surface area contributed by atoms with Crippen molar-refractivity contribution in [3.8, 4) is 0 Å². The second kappa shape index (κ2) is 7.60. The van der Waals surface area contributed by atoms with Crippen molar-refractivity contribution in [1.82, 2.24) is 10.1 Å². The number of aryl methyl sites for hydroxylation is 1. The molecule has 0 atom stereocenters. The van der Waals surface area contributed by atoms with E-state index in [1.165, 1.54) is 6.21 Å². The van der Waals surface area contributed by atoms with Crippen molar-refractivity contribution in [1.29, 1.82) is 0 Å². The van der Waals surface area contributed by atoms with Crippen LogP contribution in [-0.2, 0) is 19.5 Å². The Morgan fingerprint density at radius 3 is 2.31 bits per heavy atom. The number of hydrogen-bond acceptors (Lipinski definition) is 6. The summed E-state index contributed by atoms with van der Waals surface area (Å²) in [6.07, 6.45) is 3.79. The van der Waals surface area contributed by atoms with Crippen molar-refractivity contribution < 1.29 is 22.7 Å². The molecule has 0 spiro atoms. The number of hydrogen-bond donors (Lipinski definition) is 2. The van der Waals surface area contributed by atoms with Gasteiger partial charge in [0, 0.05) is 0 Å². The van der Waals surface area contributed by atoms with E-state index < -0.39 is 32.9 Å². The fraction of sp³-hybridized carbons (Fsp3) is 0.600. The fourth-order valence-corrected chi connectivity index (χ4v) is 4.34. The highest BCUT2D eigenvalue weighted by atomic mass is 32.2. The number of rotatable bonds is 5. The first-order valence-corrected chi connectivity index (χ1v) is 11.2. The van der Waals surface area contributed by atoms with E-state index in [2.05, 4.69) is 15.2 Å². The van der Waals surface area contributed by atoms with E-state index in [0.717, 1.165) is 5.56 Å². The molecule has 9 heteroatoms. The lowest BCUT2D eigenvalue weighted by molar-refractivity contribution is -0.119. The molecule has 0 radical (unpaired) electrons. The minimum Gasteiger partial charge on any atom is -0.444 e. The van der Waals surface area contributed by atoms with Gasteiger partial charge in [-0.2, -0.15) is 13.5 Å². The highest BCUT2D eigenvalue weighted by Crippen LogP contribution is 2.42. The third-order valence-electron chi connectivity index (χ3n) is 5.26. The molecule has 4 rings (SSSR count). The van der Waals surface area contributed by atoms with Gasteiger partial charge in [0.05, 0.1) is 23.3 Å². The van der Waals surface area contributed by atoms with Crippen LogP contribution in [0, 0.1) is 6.92 Å².